The average Bonchev–Trinajstić information content (AvgIpc) is 2.49. The molecule has 0 aliphatic carbocycles. The van der Waals surface area contributed by atoms with Crippen molar-refractivity contribution in [3.8, 4) is 0 Å². The summed E-state index contributed by atoms with van der Waals surface area (Å²) in [6.45, 7) is 8.78. The fourth-order valence-electron chi connectivity index (χ4n) is 2.17. The highest BCUT2D eigenvalue weighted by Crippen LogP contribution is 2.14. The lowest BCUT2D eigenvalue weighted by molar-refractivity contribution is -0.00171. The van der Waals surface area contributed by atoms with E-state index in [4.69, 9.17) is 9.47 Å². The molecule has 21 heavy (non-hydrogen) atoms. The number of benzene rings is 1. The number of methoxy groups -OCH3 is 1. The molecule has 1 rings (SSSR count). The Morgan fingerprint density at radius 2 is 2.00 bits per heavy atom. The molecule has 0 amide bonds. The molecule has 0 saturated carbocycles. The molecule has 116 valence electrons. The van der Waals surface area contributed by atoms with E-state index >= 15 is 0 Å². The third-order valence-corrected chi connectivity index (χ3v) is 3.37. The molecule has 0 saturated heterocycles. The van der Waals surface area contributed by atoms with Crippen LogP contribution in [-0.2, 0) is 16.1 Å². The van der Waals surface area contributed by atoms with Gasteiger partial charge in [-0.15, -0.1) is 6.58 Å². The first-order chi connectivity index (χ1) is 10.1. The Morgan fingerprint density at radius 1 is 1.33 bits per heavy atom. The summed E-state index contributed by atoms with van der Waals surface area (Å²) in [4.78, 5) is 0. The van der Waals surface area contributed by atoms with E-state index in [0.717, 1.165) is 11.1 Å². The largest absolute Gasteiger partial charge is 0.389 e. The highest BCUT2D eigenvalue weighted by atomic mass is 16.5. The van der Waals surface area contributed by atoms with Crippen LogP contribution in [0.5, 0.6) is 0 Å². The molecule has 0 aliphatic rings. The molecule has 3 heteroatoms. The number of hydrogen-bond acceptors (Lipinski definition) is 3. The summed E-state index contributed by atoms with van der Waals surface area (Å²) in [6, 6.07) is 10.1. The number of rotatable bonds is 9. The maximum atomic E-state index is 10.1. The summed E-state index contributed by atoms with van der Waals surface area (Å²) in [7, 11) is 1.57. The topological polar surface area (TPSA) is 38.7 Å². The Morgan fingerprint density at radius 3 is 2.57 bits per heavy atom. The SMILES string of the molecule is C=CC(OC)C(O)C(C)C=C(C)COCc1ccccc1. The summed E-state index contributed by atoms with van der Waals surface area (Å²) in [6.07, 6.45) is 2.69. The van der Waals surface area contributed by atoms with Crippen LogP contribution in [0.1, 0.15) is 19.4 Å². The van der Waals surface area contributed by atoms with Crippen molar-refractivity contribution in [1.29, 1.82) is 0 Å². The van der Waals surface area contributed by atoms with Gasteiger partial charge in [-0.2, -0.15) is 0 Å². The van der Waals surface area contributed by atoms with E-state index in [9.17, 15) is 5.11 Å². The summed E-state index contributed by atoms with van der Waals surface area (Å²) < 4.78 is 10.8. The minimum atomic E-state index is -0.600. The van der Waals surface area contributed by atoms with Crippen molar-refractivity contribution in [2.75, 3.05) is 13.7 Å². The average molecular weight is 290 g/mol. The van der Waals surface area contributed by atoms with Crippen LogP contribution in [0.2, 0.25) is 0 Å². The van der Waals surface area contributed by atoms with Gasteiger partial charge >= 0.3 is 0 Å². The van der Waals surface area contributed by atoms with Crippen LogP contribution < -0.4 is 0 Å². The van der Waals surface area contributed by atoms with Crippen LogP contribution in [0, 0.1) is 5.92 Å². The summed E-state index contributed by atoms with van der Waals surface area (Å²) in [5.74, 6) is -0.0201. The van der Waals surface area contributed by atoms with Crippen LogP contribution in [0.25, 0.3) is 0 Å². The Kier molecular flexibility index (Phi) is 7.98. The smallest absolute Gasteiger partial charge is 0.101 e. The van der Waals surface area contributed by atoms with Gasteiger partial charge in [0.2, 0.25) is 0 Å². The second-order valence-electron chi connectivity index (χ2n) is 5.28. The summed E-state index contributed by atoms with van der Waals surface area (Å²) >= 11 is 0. The van der Waals surface area contributed by atoms with Crippen LogP contribution in [0.4, 0.5) is 0 Å². The van der Waals surface area contributed by atoms with Crippen molar-refractivity contribution in [3.05, 3.63) is 60.2 Å². The molecule has 0 aromatic heterocycles. The molecule has 1 aromatic carbocycles. The number of hydrogen-bond donors (Lipinski definition) is 1. The van der Waals surface area contributed by atoms with E-state index in [1.54, 1.807) is 13.2 Å². The zero-order chi connectivity index (χ0) is 15.7. The molecule has 0 radical (unpaired) electrons. The first-order valence-electron chi connectivity index (χ1n) is 7.20. The first kappa shape index (κ1) is 17.6. The van der Waals surface area contributed by atoms with Gasteiger partial charge in [-0.25, -0.2) is 0 Å². The molecule has 1 N–H and O–H groups in total. The van der Waals surface area contributed by atoms with Crippen molar-refractivity contribution in [1.82, 2.24) is 0 Å². The lowest BCUT2D eigenvalue weighted by atomic mass is 9.97. The van der Waals surface area contributed by atoms with Gasteiger partial charge in [0.25, 0.3) is 0 Å². The highest BCUT2D eigenvalue weighted by Gasteiger charge is 2.20. The molecule has 0 bridgehead atoms. The van der Waals surface area contributed by atoms with Crippen molar-refractivity contribution in [2.45, 2.75) is 32.7 Å². The first-order valence-corrected chi connectivity index (χ1v) is 7.20. The van der Waals surface area contributed by atoms with Gasteiger partial charge in [-0.05, 0) is 12.5 Å². The van der Waals surface area contributed by atoms with Gasteiger partial charge in [0, 0.05) is 13.0 Å². The lowest BCUT2D eigenvalue weighted by Gasteiger charge is -2.22. The van der Waals surface area contributed by atoms with E-state index in [2.05, 4.69) is 6.58 Å². The van der Waals surface area contributed by atoms with E-state index < -0.39 is 6.10 Å². The Balaban J connectivity index is 2.43. The van der Waals surface area contributed by atoms with E-state index in [1.165, 1.54) is 0 Å². The van der Waals surface area contributed by atoms with Crippen LogP contribution >= 0.6 is 0 Å². The quantitative estimate of drug-likeness (QED) is 0.709. The Bertz CT molecular complexity index is 439. The van der Waals surface area contributed by atoms with E-state index in [0.29, 0.717) is 13.2 Å². The Hall–Kier alpha value is -1.42. The standard InChI is InChI=1S/C18H26O3/c1-5-17(20-4)18(19)15(3)11-14(2)12-21-13-16-9-7-6-8-10-16/h5-11,15,17-19H,1,12-13H2,2-4H3. The minimum absolute atomic E-state index is 0.0201. The molecule has 0 fully saturated rings. The van der Waals surface area contributed by atoms with Crippen molar-refractivity contribution >= 4 is 0 Å². The van der Waals surface area contributed by atoms with Gasteiger partial charge < -0.3 is 14.6 Å². The van der Waals surface area contributed by atoms with Crippen LogP contribution in [0.15, 0.2) is 54.6 Å². The third-order valence-electron chi connectivity index (χ3n) is 3.37. The van der Waals surface area contributed by atoms with E-state index in [-0.39, 0.29) is 12.0 Å². The molecule has 0 heterocycles. The van der Waals surface area contributed by atoms with Crippen molar-refractivity contribution < 1.29 is 14.6 Å². The maximum Gasteiger partial charge on any atom is 0.101 e. The second-order valence-corrected chi connectivity index (χ2v) is 5.28. The molecule has 0 spiro atoms. The zero-order valence-electron chi connectivity index (χ0n) is 13.2. The van der Waals surface area contributed by atoms with Gasteiger partial charge in [0.1, 0.15) is 6.10 Å². The molecule has 3 nitrogen and oxygen atoms in total. The molecule has 0 aliphatic heterocycles. The maximum absolute atomic E-state index is 10.1. The highest BCUT2D eigenvalue weighted by molar-refractivity contribution is 5.13. The summed E-state index contributed by atoms with van der Waals surface area (Å²) in [5.41, 5.74) is 2.25. The number of ether oxygens (including phenoxy) is 2. The van der Waals surface area contributed by atoms with E-state index in [1.807, 2.05) is 50.3 Å². The second kappa shape index (κ2) is 9.50. The van der Waals surface area contributed by atoms with Gasteiger partial charge in [-0.1, -0.05) is 55.0 Å². The summed E-state index contributed by atoms with van der Waals surface area (Å²) in [5, 5.41) is 10.1. The van der Waals surface area contributed by atoms with Crippen LogP contribution in [0.3, 0.4) is 0 Å². The molecule has 1 aromatic rings. The lowest BCUT2D eigenvalue weighted by Crippen LogP contribution is -2.31. The van der Waals surface area contributed by atoms with Crippen molar-refractivity contribution in [2.24, 2.45) is 5.92 Å². The molecular weight excluding hydrogens is 264 g/mol. The third kappa shape index (κ3) is 6.25. The number of aliphatic hydroxyl groups excluding tert-OH is 1. The molecule has 3 atom stereocenters. The predicted molar refractivity (Wildman–Crippen MR) is 86.0 cm³/mol. The fraction of sp³-hybridized carbons (Fsp3) is 0.444. The van der Waals surface area contributed by atoms with Gasteiger partial charge in [-0.3, -0.25) is 0 Å². The zero-order valence-corrected chi connectivity index (χ0v) is 13.2. The molecular formula is C18H26O3. The van der Waals surface area contributed by atoms with Gasteiger partial charge in [0.15, 0.2) is 0 Å². The number of aliphatic hydroxyl groups is 1. The normalized spacial score (nSPS) is 16.3. The molecule has 3 unspecified atom stereocenters. The van der Waals surface area contributed by atoms with Crippen molar-refractivity contribution in [3.63, 3.8) is 0 Å². The monoisotopic (exact) mass is 290 g/mol. The van der Waals surface area contributed by atoms with Crippen LogP contribution in [-0.4, -0.2) is 31.0 Å². The fourth-order valence-corrected chi connectivity index (χ4v) is 2.17. The van der Waals surface area contributed by atoms with Gasteiger partial charge in [0.05, 0.1) is 19.3 Å². The Labute approximate surface area is 127 Å². The predicted octanol–water partition coefficient (Wildman–Crippen LogP) is 3.35. The minimum Gasteiger partial charge on any atom is -0.389 e.